The third-order valence-corrected chi connectivity index (χ3v) is 4.01. The molecule has 124 valence electrons. The van der Waals surface area contributed by atoms with Gasteiger partial charge in [-0.15, -0.1) is 0 Å². The number of benzene rings is 1. The average Bonchev–Trinajstić information content (AvgIpc) is 2.94. The van der Waals surface area contributed by atoms with Crippen molar-refractivity contribution in [1.29, 1.82) is 0 Å². The normalized spacial score (nSPS) is 12.3. The van der Waals surface area contributed by atoms with Crippen LogP contribution in [0.5, 0.6) is 0 Å². The SMILES string of the molecule is CC(C)CNC(=O)C[S@](=O)Cc1nc(-c2ccc(F)cc2)no1. The van der Waals surface area contributed by atoms with Gasteiger partial charge in [0.25, 0.3) is 0 Å². The molecule has 1 aromatic heterocycles. The van der Waals surface area contributed by atoms with E-state index >= 15 is 0 Å². The summed E-state index contributed by atoms with van der Waals surface area (Å²) in [6.07, 6.45) is 0. The van der Waals surface area contributed by atoms with Gasteiger partial charge in [0.2, 0.25) is 17.6 Å². The quantitative estimate of drug-likeness (QED) is 0.833. The van der Waals surface area contributed by atoms with Crippen molar-refractivity contribution in [2.24, 2.45) is 5.92 Å². The largest absolute Gasteiger partial charge is 0.355 e. The number of nitrogens with one attached hydrogen (secondary N) is 1. The van der Waals surface area contributed by atoms with Crippen LogP contribution in [0.15, 0.2) is 28.8 Å². The van der Waals surface area contributed by atoms with Crippen LogP contribution in [0.3, 0.4) is 0 Å². The smallest absolute Gasteiger partial charge is 0.239 e. The van der Waals surface area contributed by atoms with Crippen molar-refractivity contribution in [3.8, 4) is 11.4 Å². The minimum absolute atomic E-state index is 0.00327. The van der Waals surface area contributed by atoms with Crippen molar-refractivity contribution in [1.82, 2.24) is 15.5 Å². The Balaban J connectivity index is 1.90. The van der Waals surface area contributed by atoms with E-state index in [9.17, 15) is 13.4 Å². The predicted molar refractivity (Wildman–Crippen MR) is 84.3 cm³/mol. The lowest BCUT2D eigenvalue weighted by atomic mass is 10.2. The Morgan fingerprint density at radius 1 is 1.35 bits per heavy atom. The number of aromatic nitrogens is 2. The van der Waals surface area contributed by atoms with E-state index in [0.29, 0.717) is 23.9 Å². The van der Waals surface area contributed by atoms with Gasteiger partial charge in [-0.2, -0.15) is 4.98 Å². The lowest BCUT2D eigenvalue weighted by molar-refractivity contribution is -0.118. The van der Waals surface area contributed by atoms with E-state index in [1.165, 1.54) is 24.3 Å². The molecule has 1 N–H and O–H groups in total. The number of nitrogens with zero attached hydrogens (tertiary/aromatic N) is 2. The van der Waals surface area contributed by atoms with Gasteiger partial charge in [-0.25, -0.2) is 4.39 Å². The predicted octanol–water partition coefficient (Wildman–Crippen LogP) is 1.90. The van der Waals surface area contributed by atoms with Crippen molar-refractivity contribution in [3.63, 3.8) is 0 Å². The molecule has 1 aromatic carbocycles. The van der Waals surface area contributed by atoms with Crippen molar-refractivity contribution in [2.75, 3.05) is 12.3 Å². The van der Waals surface area contributed by atoms with Crippen molar-refractivity contribution >= 4 is 16.7 Å². The Kier molecular flexibility index (Phi) is 5.97. The second kappa shape index (κ2) is 7.96. The number of halogens is 1. The van der Waals surface area contributed by atoms with Crippen molar-refractivity contribution < 1.29 is 17.9 Å². The fourth-order valence-corrected chi connectivity index (χ4v) is 2.62. The van der Waals surface area contributed by atoms with E-state index in [1.807, 2.05) is 13.8 Å². The number of carbonyl (C=O) groups excluding carboxylic acids is 1. The highest BCUT2D eigenvalue weighted by atomic mass is 32.2. The lowest BCUT2D eigenvalue weighted by Gasteiger charge is -2.06. The summed E-state index contributed by atoms with van der Waals surface area (Å²) in [5, 5.41) is 6.47. The molecule has 6 nitrogen and oxygen atoms in total. The second-order valence-corrected chi connectivity index (χ2v) is 6.90. The number of rotatable bonds is 7. The molecule has 1 heterocycles. The monoisotopic (exact) mass is 339 g/mol. The highest BCUT2D eigenvalue weighted by Crippen LogP contribution is 2.16. The second-order valence-electron chi connectivity index (χ2n) is 5.45. The summed E-state index contributed by atoms with van der Waals surface area (Å²) in [6, 6.07) is 5.64. The maximum absolute atomic E-state index is 12.9. The van der Waals surface area contributed by atoms with Gasteiger partial charge in [-0.05, 0) is 30.2 Å². The summed E-state index contributed by atoms with van der Waals surface area (Å²) in [6.45, 7) is 4.50. The average molecular weight is 339 g/mol. The molecule has 1 atom stereocenters. The van der Waals surface area contributed by atoms with E-state index in [2.05, 4.69) is 15.5 Å². The van der Waals surface area contributed by atoms with Gasteiger partial charge in [0.05, 0.1) is 0 Å². The maximum Gasteiger partial charge on any atom is 0.239 e. The van der Waals surface area contributed by atoms with E-state index in [4.69, 9.17) is 4.52 Å². The van der Waals surface area contributed by atoms with E-state index < -0.39 is 10.8 Å². The molecule has 0 saturated heterocycles. The molecule has 8 heteroatoms. The first-order valence-corrected chi connectivity index (χ1v) is 8.63. The highest BCUT2D eigenvalue weighted by Gasteiger charge is 2.14. The first kappa shape index (κ1) is 17.3. The molecule has 0 aliphatic heterocycles. The molecule has 0 aliphatic carbocycles. The van der Waals surface area contributed by atoms with Gasteiger partial charge in [0.1, 0.15) is 17.3 Å². The zero-order chi connectivity index (χ0) is 16.8. The highest BCUT2D eigenvalue weighted by molar-refractivity contribution is 7.84. The van der Waals surface area contributed by atoms with Gasteiger partial charge >= 0.3 is 0 Å². The van der Waals surface area contributed by atoms with Gasteiger partial charge in [0.15, 0.2) is 0 Å². The molecule has 0 saturated carbocycles. The fourth-order valence-electron chi connectivity index (χ4n) is 1.73. The summed E-state index contributed by atoms with van der Waals surface area (Å²) in [5.74, 6) is 0.0769. The third kappa shape index (κ3) is 5.55. The number of hydrogen-bond donors (Lipinski definition) is 1. The zero-order valence-electron chi connectivity index (χ0n) is 12.9. The molecule has 2 aromatic rings. The summed E-state index contributed by atoms with van der Waals surface area (Å²) < 4.78 is 29.8. The van der Waals surface area contributed by atoms with Crippen molar-refractivity contribution in [3.05, 3.63) is 36.0 Å². The van der Waals surface area contributed by atoms with Gasteiger partial charge in [-0.3, -0.25) is 9.00 Å². The third-order valence-electron chi connectivity index (χ3n) is 2.85. The summed E-state index contributed by atoms with van der Waals surface area (Å²) in [4.78, 5) is 15.7. The molecule has 0 fully saturated rings. The van der Waals surface area contributed by atoms with Gasteiger partial charge in [-0.1, -0.05) is 19.0 Å². The van der Waals surface area contributed by atoms with Gasteiger partial charge < -0.3 is 9.84 Å². The van der Waals surface area contributed by atoms with E-state index in [0.717, 1.165) is 0 Å². The first-order valence-electron chi connectivity index (χ1n) is 7.14. The molecule has 1 amide bonds. The Labute approximate surface area is 135 Å². The fraction of sp³-hybridized carbons (Fsp3) is 0.400. The standard InChI is InChI=1S/C15H18FN3O3S/c1-10(2)7-17-13(20)8-23(21)9-14-18-15(19-22-14)11-3-5-12(16)6-4-11/h3-6,10H,7-9H2,1-2H3,(H,17,20)/t23-/m0/s1. The van der Waals surface area contributed by atoms with Crippen LogP contribution in [0, 0.1) is 11.7 Å². The van der Waals surface area contributed by atoms with E-state index in [1.54, 1.807) is 0 Å². The number of amides is 1. The first-order chi connectivity index (χ1) is 10.9. The van der Waals surface area contributed by atoms with Crippen LogP contribution in [0.1, 0.15) is 19.7 Å². The van der Waals surface area contributed by atoms with Crippen LogP contribution in [0.2, 0.25) is 0 Å². The van der Waals surface area contributed by atoms with Crippen molar-refractivity contribution in [2.45, 2.75) is 19.6 Å². The van der Waals surface area contributed by atoms with Gasteiger partial charge in [0, 0.05) is 22.9 Å². The van der Waals surface area contributed by atoms with Crippen LogP contribution in [0.4, 0.5) is 4.39 Å². The molecule has 0 spiro atoms. The maximum atomic E-state index is 12.9. The molecule has 2 rings (SSSR count). The summed E-state index contributed by atoms with van der Waals surface area (Å²) >= 11 is 0. The number of hydrogen-bond acceptors (Lipinski definition) is 5. The molecule has 23 heavy (non-hydrogen) atoms. The molecule has 0 unspecified atom stereocenters. The Morgan fingerprint density at radius 2 is 2.04 bits per heavy atom. The molecular weight excluding hydrogens is 321 g/mol. The molecule has 0 radical (unpaired) electrons. The minimum atomic E-state index is -1.43. The molecular formula is C15H18FN3O3S. The van der Waals surface area contributed by atoms with Crippen LogP contribution in [0.25, 0.3) is 11.4 Å². The van der Waals surface area contributed by atoms with Crippen LogP contribution in [-0.2, 0) is 21.3 Å². The zero-order valence-corrected chi connectivity index (χ0v) is 13.7. The molecule has 0 bridgehead atoms. The Bertz CT molecular complexity index is 686. The summed E-state index contributed by atoms with van der Waals surface area (Å²) in [5.41, 5.74) is 0.599. The molecule has 0 aliphatic rings. The number of carbonyl (C=O) groups is 1. The van der Waals surface area contributed by atoms with E-state index in [-0.39, 0.29) is 29.1 Å². The summed E-state index contributed by atoms with van der Waals surface area (Å²) in [7, 11) is -1.43. The lowest BCUT2D eigenvalue weighted by Crippen LogP contribution is -2.31. The van der Waals surface area contributed by atoms with Crippen LogP contribution < -0.4 is 5.32 Å². The Morgan fingerprint density at radius 3 is 2.70 bits per heavy atom. The minimum Gasteiger partial charge on any atom is -0.355 e. The van der Waals surface area contributed by atoms with Crippen LogP contribution >= 0.6 is 0 Å². The topological polar surface area (TPSA) is 85.1 Å². The van der Waals surface area contributed by atoms with Crippen LogP contribution in [-0.4, -0.2) is 32.6 Å². The Hall–Kier alpha value is -2.09.